The molecule has 1 unspecified atom stereocenters. The molecule has 2 aliphatic heterocycles. The molecule has 5 amide bonds. The summed E-state index contributed by atoms with van der Waals surface area (Å²) in [4.78, 5) is 69.2. The van der Waals surface area contributed by atoms with Gasteiger partial charge in [0.05, 0.1) is 11.1 Å². The Morgan fingerprint density at radius 1 is 0.980 bits per heavy atom. The molecule has 5 aromatic rings. The Morgan fingerprint density at radius 3 is 2.59 bits per heavy atom. The average molecular weight is 659 g/mol. The van der Waals surface area contributed by atoms with E-state index >= 15 is 4.39 Å². The van der Waals surface area contributed by atoms with Crippen molar-refractivity contribution in [1.82, 2.24) is 30.4 Å². The second-order valence-electron chi connectivity index (χ2n) is 12.9. The van der Waals surface area contributed by atoms with Gasteiger partial charge in [0.25, 0.3) is 11.8 Å². The van der Waals surface area contributed by atoms with Crippen LogP contribution in [0.5, 0.6) is 0 Å². The van der Waals surface area contributed by atoms with Crippen LogP contribution in [0.2, 0.25) is 0 Å². The molecule has 1 saturated heterocycles. The second-order valence-corrected chi connectivity index (χ2v) is 12.9. The topological polar surface area (TPSA) is 142 Å². The summed E-state index contributed by atoms with van der Waals surface area (Å²) in [7, 11) is 0. The predicted octanol–water partition coefficient (Wildman–Crippen LogP) is 3.83. The van der Waals surface area contributed by atoms with Crippen LogP contribution in [0.1, 0.15) is 63.1 Å². The molecule has 1 aliphatic carbocycles. The van der Waals surface area contributed by atoms with Gasteiger partial charge in [-0.1, -0.05) is 30.3 Å². The summed E-state index contributed by atoms with van der Waals surface area (Å²) in [6, 6.07) is 20.5. The third-order valence-corrected chi connectivity index (χ3v) is 9.79. The van der Waals surface area contributed by atoms with Crippen LogP contribution in [0.4, 0.5) is 4.39 Å². The van der Waals surface area contributed by atoms with E-state index in [0.717, 1.165) is 21.9 Å². The molecule has 0 radical (unpaired) electrons. The molecule has 0 spiro atoms. The lowest BCUT2D eigenvalue weighted by molar-refractivity contribution is -0.137. The molecular weight excluding hydrogens is 627 g/mol. The van der Waals surface area contributed by atoms with E-state index in [1.807, 2.05) is 41.0 Å². The molecule has 49 heavy (non-hydrogen) atoms. The van der Waals surface area contributed by atoms with Crippen molar-refractivity contribution < 1.29 is 28.4 Å². The molecule has 3 aliphatic rings. The molecule has 0 bridgehead atoms. The van der Waals surface area contributed by atoms with Crippen molar-refractivity contribution in [2.75, 3.05) is 0 Å². The predicted molar refractivity (Wildman–Crippen MR) is 176 cm³/mol. The number of benzene rings is 3. The number of carbonyl (C=O) groups is 5. The van der Waals surface area contributed by atoms with Crippen LogP contribution in [0.15, 0.2) is 79.0 Å². The summed E-state index contributed by atoms with van der Waals surface area (Å²) in [5, 5.41) is 10.1. The number of hydrogen-bond acceptors (Lipinski definition) is 6. The van der Waals surface area contributed by atoms with Gasteiger partial charge in [-0.15, -0.1) is 0 Å². The highest BCUT2D eigenvalue weighted by molar-refractivity contribution is 6.08. The van der Waals surface area contributed by atoms with E-state index in [1.54, 1.807) is 30.5 Å². The first kappa shape index (κ1) is 30.4. The number of aromatic nitrogens is 2. The monoisotopic (exact) mass is 658 g/mol. The van der Waals surface area contributed by atoms with E-state index in [-0.39, 0.29) is 55.8 Å². The van der Waals surface area contributed by atoms with Gasteiger partial charge in [-0.05, 0) is 72.9 Å². The number of carbonyl (C=O) groups excluding carboxylic acids is 5. The van der Waals surface area contributed by atoms with Gasteiger partial charge in [0, 0.05) is 53.2 Å². The van der Waals surface area contributed by atoms with Crippen molar-refractivity contribution in [2.24, 2.45) is 0 Å². The average Bonchev–Trinajstić information content (AvgIpc) is 3.72. The molecule has 8 rings (SSSR count). The fourth-order valence-electron chi connectivity index (χ4n) is 7.08. The summed E-state index contributed by atoms with van der Waals surface area (Å²) < 4.78 is 17.3. The summed E-state index contributed by atoms with van der Waals surface area (Å²) in [5.74, 6) is -2.33. The molecule has 3 aromatic carbocycles. The van der Waals surface area contributed by atoms with Crippen molar-refractivity contribution in [3.8, 4) is 0 Å². The third kappa shape index (κ3) is 5.38. The third-order valence-electron chi connectivity index (χ3n) is 9.79. The largest absolute Gasteiger partial charge is 0.348 e. The van der Waals surface area contributed by atoms with E-state index in [2.05, 4.69) is 20.9 Å². The normalized spacial score (nSPS) is 18.0. The first-order chi connectivity index (χ1) is 23.7. The lowest BCUT2D eigenvalue weighted by atomic mass is 10.0. The lowest BCUT2D eigenvalue weighted by Crippen LogP contribution is -2.52. The fraction of sp³-hybridized carbons (Fsp3) is 0.243. The standard InChI is InChI=1S/C37H31FN6O5/c38-28-17-24(37(13-14-37)42-32(46)20-43-29-6-2-1-4-26(29)27-5-3-15-39-33(27)43)9-7-22(28)18-40-34(47)21-8-10-25-23(16-21)19-44(36(25)49)30-11-12-31(45)41-35(30)48/h1-10,15-17,30H,11-14,18-20H2,(H,40,47)(H,42,46)(H,41,45,48). The number of hydrogen-bond donors (Lipinski definition) is 3. The van der Waals surface area contributed by atoms with Gasteiger partial charge in [-0.25, -0.2) is 9.37 Å². The molecule has 11 nitrogen and oxygen atoms in total. The molecule has 2 aromatic heterocycles. The van der Waals surface area contributed by atoms with Crippen LogP contribution in [-0.2, 0) is 39.6 Å². The first-order valence-corrected chi connectivity index (χ1v) is 16.2. The second kappa shape index (κ2) is 11.7. The number of fused-ring (bicyclic) bond motifs is 4. The Labute approximate surface area is 279 Å². The maximum absolute atomic E-state index is 15.4. The quantitative estimate of drug-likeness (QED) is 0.217. The number of para-hydroxylation sites is 1. The maximum Gasteiger partial charge on any atom is 0.255 e. The fourth-order valence-corrected chi connectivity index (χ4v) is 7.08. The summed E-state index contributed by atoms with van der Waals surface area (Å²) in [6.07, 6.45) is 3.47. The number of nitrogens with one attached hydrogen (secondary N) is 3. The van der Waals surface area contributed by atoms with Crippen LogP contribution in [-0.4, -0.2) is 50.0 Å². The molecule has 2 fully saturated rings. The number of nitrogens with zero attached hydrogens (tertiary/aromatic N) is 3. The van der Waals surface area contributed by atoms with Crippen molar-refractivity contribution in [3.63, 3.8) is 0 Å². The molecule has 1 saturated carbocycles. The number of rotatable bonds is 8. The van der Waals surface area contributed by atoms with Crippen molar-refractivity contribution in [3.05, 3.63) is 113 Å². The highest BCUT2D eigenvalue weighted by atomic mass is 19.1. The Hall–Kier alpha value is -5.91. The van der Waals surface area contributed by atoms with Crippen LogP contribution >= 0.6 is 0 Å². The minimum absolute atomic E-state index is 0.0660. The van der Waals surface area contributed by atoms with E-state index in [0.29, 0.717) is 35.1 Å². The minimum atomic E-state index is -0.749. The zero-order valence-electron chi connectivity index (χ0n) is 26.3. The SMILES string of the molecule is O=C1CCC(N2Cc3cc(C(=O)NCc4ccc(C5(NC(=O)Cn6c7ccccc7c7cccnc76)CC5)cc4F)ccc3C2=O)C(=O)N1. The minimum Gasteiger partial charge on any atom is -0.348 e. The highest BCUT2D eigenvalue weighted by Crippen LogP contribution is 2.46. The number of piperidine rings is 1. The van der Waals surface area contributed by atoms with E-state index in [4.69, 9.17) is 0 Å². The first-order valence-electron chi connectivity index (χ1n) is 16.2. The summed E-state index contributed by atoms with van der Waals surface area (Å²) >= 11 is 0. The lowest BCUT2D eigenvalue weighted by Gasteiger charge is -2.29. The number of amides is 5. The van der Waals surface area contributed by atoms with Gasteiger partial charge in [-0.2, -0.15) is 0 Å². The van der Waals surface area contributed by atoms with Crippen LogP contribution in [0.25, 0.3) is 21.9 Å². The van der Waals surface area contributed by atoms with Crippen molar-refractivity contribution in [1.29, 1.82) is 0 Å². The van der Waals surface area contributed by atoms with Crippen LogP contribution in [0, 0.1) is 5.82 Å². The zero-order chi connectivity index (χ0) is 33.9. The van der Waals surface area contributed by atoms with Gasteiger partial charge in [-0.3, -0.25) is 29.3 Å². The number of imide groups is 1. The number of pyridine rings is 1. The van der Waals surface area contributed by atoms with Gasteiger partial charge in [0.1, 0.15) is 24.1 Å². The van der Waals surface area contributed by atoms with Gasteiger partial charge in [0.15, 0.2) is 0 Å². The summed E-state index contributed by atoms with van der Waals surface area (Å²) in [5.41, 5.74) is 3.23. The van der Waals surface area contributed by atoms with Crippen LogP contribution in [0.3, 0.4) is 0 Å². The summed E-state index contributed by atoms with van der Waals surface area (Å²) in [6.45, 7) is 0.149. The highest BCUT2D eigenvalue weighted by Gasteiger charge is 2.46. The van der Waals surface area contributed by atoms with E-state index in [1.165, 1.54) is 17.0 Å². The molecule has 4 heterocycles. The number of halogens is 1. The Kier molecular flexibility index (Phi) is 7.24. The van der Waals surface area contributed by atoms with Gasteiger partial charge < -0.3 is 20.1 Å². The Bertz CT molecular complexity index is 2190. The molecule has 12 heteroatoms. The zero-order valence-corrected chi connectivity index (χ0v) is 26.3. The Balaban J connectivity index is 0.914. The molecule has 246 valence electrons. The van der Waals surface area contributed by atoms with Crippen molar-refractivity contribution >= 4 is 51.5 Å². The van der Waals surface area contributed by atoms with E-state index in [9.17, 15) is 24.0 Å². The van der Waals surface area contributed by atoms with Crippen molar-refractivity contribution in [2.45, 2.75) is 56.9 Å². The molecular formula is C37H31FN6O5. The maximum atomic E-state index is 15.4. The molecule has 3 N–H and O–H groups in total. The van der Waals surface area contributed by atoms with Crippen LogP contribution < -0.4 is 16.0 Å². The van der Waals surface area contributed by atoms with Gasteiger partial charge in [0.2, 0.25) is 17.7 Å². The smallest absolute Gasteiger partial charge is 0.255 e. The molecule has 1 atom stereocenters. The van der Waals surface area contributed by atoms with Gasteiger partial charge >= 0.3 is 0 Å². The van der Waals surface area contributed by atoms with E-state index < -0.39 is 29.2 Å². The Morgan fingerprint density at radius 2 is 1.80 bits per heavy atom.